The Morgan fingerprint density at radius 1 is 0.750 bits per heavy atom. The van der Waals surface area contributed by atoms with E-state index in [0.29, 0.717) is 11.4 Å². The molecular formula is C18H18Cl2N2O2. The lowest BCUT2D eigenvalue weighted by molar-refractivity contribution is -0.115. The molecule has 4 nitrogen and oxygen atoms in total. The van der Waals surface area contributed by atoms with Crippen LogP contribution in [0.1, 0.15) is 30.9 Å². The summed E-state index contributed by atoms with van der Waals surface area (Å²) in [6.45, 7) is 2.92. The second-order valence-corrected chi connectivity index (χ2v) is 6.58. The van der Waals surface area contributed by atoms with Crippen molar-refractivity contribution in [1.82, 2.24) is 0 Å². The molecule has 2 N–H and O–H groups in total. The predicted molar refractivity (Wildman–Crippen MR) is 98.8 cm³/mol. The maximum Gasteiger partial charge on any atom is 0.221 e. The minimum Gasteiger partial charge on any atom is -0.326 e. The van der Waals surface area contributed by atoms with Crippen molar-refractivity contribution in [2.75, 3.05) is 10.6 Å². The summed E-state index contributed by atoms with van der Waals surface area (Å²) < 4.78 is 0. The van der Waals surface area contributed by atoms with Gasteiger partial charge in [0.15, 0.2) is 0 Å². The molecule has 6 heteroatoms. The highest BCUT2D eigenvalue weighted by atomic mass is 35.5. The Kier molecular flexibility index (Phi) is 6.23. The Balaban J connectivity index is 2.25. The standard InChI is InChI=1S/C18H18Cl2N2O2/c1-11(23)21-15-7-3-13(4-8-15)17(18(19)20)14-5-9-16(10-6-14)22-12(2)24/h3-10,17-18H,1-2H3,(H,21,23)(H,22,24). The third-order valence-electron chi connectivity index (χ3n) is 3.43. The van der Waals surface area contributed by atoms with Crippen LogP contribution in [0.2, 0.25) is 0 Å². The lowest BCUT2D eigenvalue weighted by atomic mass is 9.92. The van der Waals surface area contributed by atoms with Crippen molar-refractivity contribution < 1.29 is 9.59 Å². The number of anilines is 2. The van der Waals surface area contributed by atoms with Crippen LogP contribution in [0.5, 0.6) is 0 Å². The molecular weight excluding hydrogens is 347 g/mol. The normalized spacial score (nSPS) is 10.8. The van der Waals surface area contributed by atoms with E-state index < -0.39 is 4.84 Å². The molecule has 0 spiro atoms. The molecule has 0 radical (unpaired) electrons. The van der Waals surface area contributed by atoms with Crippen LogP contribution >= 0.6 is 23.2 Å². The summed E-state index contributed by atoms with van der Waals surface area (Å²) in [6, 6.07) is 14.8. The van der Waals surface area contributed by atoms with E-state index in [0.717, 1.165) is 11.1 Å². The highest BCUT2D eigenvalue weighted by molar-refractivity contribution is 6.45. The van der Waals surface area contributed by atoms with Crippen LogP contribution in [-0.2, 0) is 9.59 Å². The minimum absolute atomic E-state index is 0.125. The number of nitrogens with one attached hydrogen (secondary N) is 2. The monoisotopic (exact) mass is 364 g/mol. The number of hydrogen-bond acceptors (Lipinski definition) is 2. The SMILES string of the molecule is CC(=O)Nc1ccc(C(c2ccc(NC(C)=O)cc2)C(Cl)Cl)cc1. The molecule has 0 saturated carbocycles. The van der Waals surface area contributed by atoms with Crippen molar-refractivity contribution in [2.24, 2.45) is 0 Å². The first-order chi connectivity index (χ1) is 11.4. The molecule has 0 bridgehead atoms. The molecule has 2 rings (SSSR count). The van der Waals surface area contributed by atoms with Gasteiger partial charge in [-0.15, -0.1) is 23.2 Å². The van der Waals surface area contributed by atoms with Gasteiger partial charge in [0.05, 0.1) is 0 Å². The van der Waals surface area contributed by atoms with E-state index in [2.05, 4.69) is 10.6 Å². The summed E-state index contributed by atoms with van der Waals surface area (Å²) in [7, 11) is 0. The molecule has 0 aromatic heterocycles. The summed E-state index contributed by atoms with van der Waals surface area (Å²) in [5, 5.41) is 5.44. The van der Waals surface area contributed by atoms with Crippen LogP contribution in [0.25, 0.3) is 0 Å². The summed E-state index contributed by atoms with van der Waals surface area (Å²) in [5.41, 5.74) is 3.30. The van der Waals surface area contributed by atoms with E-state index >= 15 is 0 Å². The van der Waals surface area contributed by atoms with Crippen LogP contribution in [0.3, 0.4) is 0 Å². The van der Waals surface area contributed by atoms with Crippen molar-refractivity contribution in [2.45, 2.75) is 24.6 Å². The van der Waals surface area contributed by atoms with Crippen molar-refractivity contribution in [3.8, 4) is 0 Å². The van der Waals surface area contributed by atoms with Gasteiger partial charge in [-0.05, 0) is 35.4 Å². The van der Waals surface area contributed by atoms with E-state index in [1.165, 1.54) is 13.8 Å². The molecule has 2 amide bonds. The number of rotatable bonds is 5. The van der Waals surface area contributed by atoms with Crippen LogP contribution < -0.4 is 10.6 Å². The molecule has 0 aliphatic rings. The Labute approximate surface area is 151 Å². The van der Waals surface area contributed by atoms with Crippen LogP contribution in [0, 0.1) is 0 Å². The van der Waals surface area contributed by atoms with Gasteiger partial charge in [-0.2, -0.15) is 0 Å². The molecule has 0 atom stereocenters. The quantitative estimate of drug-likeness (QED) is 0.765. The zero-order valence-corrected chi connectivity index (χ0v) is 14.9. The predicted octanol–water partition coefficient (Wildman–Crippen LogP) is 4.54. The van der Waals surface area contributed by atoms with Gasteiger partial charge >= 0.3 is 0 Å². The highest BCUT2D eigenvalue weighted by Crippen LogP contribution is 2.34. The van der Waals surface area contributed by atoms with Gasteiger partial charge in [0.1, 0.15) is 4.84 Å². The van der Waals surface area contributed by atoms with E-state index in [1.54, 1.807) is 0 Å². The average Bonchev–Trinajstić information content (AvgIpc) is 2.49. The zero-order valence-electron chi connectivity index (χ0n) is 13.3. The molecule has 2 aromatic rings. The molecule has 0 unspecified atom stereocenters. The van der Waals surface area contributed by atoms with E-state index in [1.807, 2.05) is 48.5 Å². The summed E-state index contributed by atoms with van der Waals surface area (Å²) in [6.07, 6.45) is 0. The van der Waals surface area contributed by atoms with Crippen molar-refractivity contribution >= 4 is 46.4 Å². The number of alkyl halides is 2. The fourth-order valence-electron chi connectivity index (χ4n) is 2.44. The smallest absolute Gasteiger partial charge is 0.221 e. The zero-order chi connectivity index (χ0) is 17.7. The van der Waals surface area contributed by atoms with Gasteiger partial charge in [0.2, 0.25) is 11.8 Å². The molecule has 0 aliphatic heterocycles. The van der Waals surface area contributed by atoms with Crippen LogP contribution in [0.4, 0.5) is 11.4 Å². The van der Waals surface area contributed by atoms with Crippen molar-refractivity contribution in [3.05, 3.63) is 59.7 Å². The number of benzene rings is 2. The van der Waals surface area contributed by atoms with Gasteiger partial charge in [-0.25, -0.2) is 0 Å². The topological polar surface area (TPSA) is 58.2 Å². The number of amides is 2. The molecule has 0 saturated heterocycles. The number of halogens is 2. The molecule has 0 aliphatic carbocycles. The second kappa shape index (κ2) is 8.18. The first-order valence-electron chi connectivity index (χ1n) is 7.40. The first-order valence-corrected chi connectivity index (χ1v) is 8.27. The Morgan fingerprint density at radius 3 is 1.33 bits per heavy atom. The third kappa shape index (κ3) is 4.98. The van der Waals surface area contributed by atoms with E-state index in [9.17, 15) is 9.59 Å². The maximum absolute atomic E-state index is 11.1. The highest BCUT2D eigenvalue weighted by Gasteiger charge is 2.21. The molecule has 0 fully saturated rings. The lowest BCUT2D eigenvalue weighted by Gasteiger charge is -2.20. The van der Waals surface area contributed by atoms with Crippen molar-refractivity contribution in [1.29, 1.82) is 0 Å². The Morgan fingerprint density at radius 2 is 1.08 bits per heavy atom. The van der Waals surface area contributed by atoms with Gasteiger partial charge in [0.25, 0.3) is 0 Å². The van der Waals surface area contributed by atoms with Crippen LogP contribution in [0.15, 0.2) is 48.5 Å². The molecule has 24 heavy (non-hydrogen) atoms. The number of carbonyl (C=O) groups excluding carboxylic acids is 2. The van der Waals surface area contributed by atoms with Gasteiger partial charge in [0, 0.05) is 31.1 Å². The fourth-order valence-corrected chi connectivity index (χ4v) is 3.02. The summed E-state index contributed by atoms with van der Waals surface area (Å²) >= 11 is 12.4. The fraction of sp³-hybridized carbons (Fsp3) is 0.222. The number of carbonyl (C=O) groups is 2. The van der Waals surface area contributed by atoms with Gasteiger partial charge in [-0.3, -0.25) is 9.59 Å². The average molecular weight is 365 g/mol. The lowest BCUT2D eigenvalue weighted by Crippen LogP contribution is -2.11. The largest absolute Gasteiger partial charge is 0.326 e. The maximum atomic E-state index is 11.1. The van der Waals surface area contributed by atoms with E-state index in [4.69, 9.17) is 23.2 Å². The van der Waals surface area contributed by atoms with Gasteiger partial charge in [-0.1, -0.05) is 24.3 Å². The minimum atomic E-state index is -0.636. The van der Waals surface area contributed by atoms with E-state index in [-0.39, 0.29) is 17.7 Å². The summed E-state index contributed by atoms with van der Waals surface area (Å²) in [5.74, 6) is -0.466. The van der Waals surface area contributed by atoms with Crippen molar-refractivity contribution in [3.63, 3.8) is 0 Å². The molecule has 2 aromatic carbocycles. The Bertz CT molecular complexity index is 653. The van der Waals surface area contributed by atoms with Gasteiger partial charge < -0.3 is 10.6 Å². The first kappa shape index (κ1) is 18.3. The number of hydrogen-bond donors (Lipinski definition) is 2. The second-order valence-electron chi connectivity index (χ2n) is 5.42. The summed E-state index contributed by atoms with van der Waals surface area (Å²) in [4.78, 5) is 21.5. The van der Waals surface area contributed by atoms with Crippen LogP contribution in [-0.4, -0.2) is 16.7 Å². The third-order valence-corrected chi connectivity index (χ3v) is 3.94. The molecule has 0 heterocycles. The molecule has 126 valence electrons. The Hall–Kier alpha value is -2.04.